The van der Waals surface area contributed by atoms with Gasteiger partial charge in [-0.2, -0.15) is 0 Å². The number of carbonyl (C=O) groups is 1. The fraction of sp³-hybridized carbons (Fsp3) is 0.750. The molecule has 0 spiro atoms. The Bertz CT molecular complexity index is 380. The Morgan fingerprint density at radius 3 is 2.68 bits per heavy atom. The molecule has 1 aromatic heterocycles. The molecule has 0 aliphatic carbocycles. The van der Waals surface area contributed by atoms with E-state index in [-0.39, 0.29) is 24.5 Å². The molecule has 1 unspecified atom stereocenters. The minimum atomic E-state index is -0.0845. The molecule has 0 aliphatic rings. The SMILES string of the molecule is CCCNC(=O)CNc1nnc(C(C)NCCC)o1. The van der Waals surface area contributed by atoms with Crippen molar-refractivity contribution in [1.82, 2.24) is 20.8 Å². The number of amides is 1. The summed E-state index contributed by atoms with van der Waals surface area (Å²) < 4.78 is 5.42. The predicted molar refractivity (Wildman–Crippen MR) is 72.8 cm³/mol. The summed E-state index contributed by atoms with van der Waals surface area (Å²) in [5.74, 6) is 0.434. The van der Waals surface area contributed by atoms with Gasteiger partial charge < -0.3 is 20.4 Å². The van der Waals surface area contributed by atoms with E-state index < -0.39 is 0 Å². The van der Waals surface area contributed by atoms with Crippen LogP contribution < -0.4 is 16.0 Å². The zero-order valence-electron chi connectivity index (χ0n) is 11.8. The van der Waals surface area contributed by atoms with Gasteiger partial charge in [0.05, 0.1) is 12.6 Å². The molecule has 0 saturated heterocycles. The first kappa shape index (κ1) is 15.4. The maximum Gasteiger partial charge on any atom is 0.315 e. The highest BCUT2D eigenvalue weighted by atomic mass is 16.4. The van der Waals surface area contributed by atoms with Crippen LogP contribution in [0.4, 0.5) is 6.01 Å². The number of anilines is 1. The second-order valence-electron chi connectivity index (χ2n) is 4.32. The van der Waals surface area contributed by atoms with Gasteiger partial charge in [-0.25, -0.2) is 0 Å². The Morgan fingerprint density at radius 1 is 1.26 bits per heavy atom. The van der Waals surface area contributed by atoms with E-state index in [1.807, 2.05) is 13.8 Å². The van der Waals surface area contributed by atoms with Crippen molar-refractivity contribution in [2.75, 3.05) is 25.0 Å². The van der Waals surface area contributed by atoms with Crippen LogP contribution >= 0.6 is 0 Å². The molecule has 1 heterocycles. The van der Waals surface area contributed by atoms with Crippen molar-refractivity contribution >= 4 is 11.9 Å². The van der Waals surface area contributed by atoms with E-state index in [4.69, 9.17) is 4.42 Å². The molecule has 0 fully saturated rings. The van der Waals surface area contributed by atoms with Gasteiger partial charge in [0.15, 0.2) is 0 Å². The van der Waals surface area contributed by atoms with Crippen molar-refractivity contribution in [3.05, 3.63) is 5.89 Å². The number of nitrogens with one attached hydrogen (secondary N) is 3. The van der Waals surface area contributed by atoms with Gasteiger partial charge in [-0.05, 0) is 26.3 Å². The third-order valence-electron chi connectivity index (χ3n) is 2.48. The summed E-state index contributed by atoms with van der Waals surface area (Å²) in [6, 6.07) is 0.281. The van der Waals surface area contributed by atoms with E-state index in [1.165, 1.54) is 0 Å². The van der Waals surface area contributed by atoms with Crippen LogP contribution in [0.15, 0.2) is 4.42 Å². The lowest BCUT2D eigenvalue weighted by atomic mass is 10.3. The van der Waals surface area contributed by atoms with Crippen molar-refractivity contribution in [2.24, 2.45) is 0 Å². The molecule has 1 amide bonds. The van der Waals surface area contributed by atoms with Gasteiger partial charge in [-0.15, -0.1) is 5.10 Å². The van der Waals surface area contributed by atoms with Crippen molar-refractivity contribution in [3.8, 4) is 0 Å². The Balaban J connectivity index is 2.36. The van der Waals surface area contributed by atoms with Gasteiger partial charge in [0, 0.05) is 6.54 Å². The summed E-state index contributed by atoms with van der Waals surface area (Å²) >= 11 is 0. The maximum absolute atomic E-state index is 11.4. The molecule has 0 aliphatic heterocycles. The third kappa shape index (κ3) is 5.69. The predicted octanol–water partition coefficient (Wildman–Crippen LogP) is 1.07. The molecule has 0 aromatic carbocycles. The number of aromatic nitrogens is 2. The molecular formula is C12H23N5O2. The summed E-state index contributed by atoms with van der Waals surface area (Å²) in [5, 5.41) is 16.6. The van der Waals surface area contributed by atoms with Gasteiger partial charge in [0.1, 0.15) is 0 Å². The van der Waals surface area contributed by atoms with Crippen LogP contribution in [-0.4, -0.2) is 35.7 Å². The first-order chi connectivity index (χ1) is 9.17. The van der Waals surface area contributed by atoms with Crippen LogP contribution in [0.2, 0.25) is 0 Å². The van der Waals surface area contributed by atoms with Gasteiger partial charge in [-0.1, -0.05) is 18.9 Å². The minimum Gasteiger partial charge on any atom is -0.406 e. The Morgan fingerprint density at radius 2 is 2.00 bits per heavy atom. The van der Waals surface area contributed by atoms with Gasteiger partial charge >= 0.3 is 6.01 Å². The van der Waals surface area contributed by atoms with E-state index in [0.29, 0.717) is 12.4 Å². The number of nitrogens with zero attached hydrogens (tertiary/aromatic N) is 2. The number of rotatable bonds is 9. The van der Waals surface area contributed by atoms with E-state index >= 15 is 0 Å². The number of hydrogen-bond donors (Lipinski definition) is 3. The minimum absolute atomic E-state index is 0.0110. The van der Waals surface area contributed by atoms with Gasteiger partial charge in [0.25, 0.3) is 0 Å². The first-order valence-corrected chi connectivity index (χ1v) is 6.74. The highest BCUT2D eigenvalue weighted by Gasteiger charge is 2.13. The molecule has 0 radical (unpaired) electrons. The lowest BCUT2D eigenvalue weighted by molar-refractivity contribution is -0.119. The summed E-state index contributed by atoms with van der Waals surface area (Å²) in [4.78, 5) is 11.4. The van der Waals surface area contributed by atoms with Crippen molar-refractivity contribution in [2.45, 2.75) is 39.7 Å². The molecule has 19 heavy (non-hydrogen) atoms. The van der Waals surface area contributed by atoms with Crippen LogP contribution in [0.1, 0.15) is 45.5 Å². The molecule has 7 nitrogen and oxygen atoms in total. The zero-order chi connectivity index (χ0) is 14.1. The van der Waals surface area contributed by atoms with E-state index in [2.05, 4.69) is 33.1 Å². The summed E-state index contributed by atoms with van der Waals surface area (Å²) in [6.07, 6.45) is 1.96. The van der Waals surface area contributed by atoms with Gasteiger partial charge in [-0.3, -0.25) is 4.79 Å². The number of carbonyl (C=O) groups excluding carboxylic acids is 1. The second kappa shape index (κ2) is 8.47. The Hall–Kier alpha value is -1.63. The highest BCUT2D eigenvalue weighted by Crippen LogP contribution is 2.13. The van der Waals surface area contributed by atoms with Crippen molar-refractivity contribution < 1.29 is 9.21 Å². The molecule has 1 aromatic rings. The van der Waals surface area contributed by atoms with Crippen LogP contribution in [0.25, 0.3) is 0 Å². The summed E-state index contributed by atoms with van der Waals surface area (Å²) in [5.41, 5.74) is 0. The van der Waals surface area contributed by atoms with Crippen LogP contribution in [0.5, 0.6) is 0 Å². The molecule has 0 saturated carbocycles. The third-order valence-corrected chi connectivity index (χ3v) is 2.48. The fourth-order valence-corrected chi connectivity index (χ4v) is 1.41. The molecule has 3 N–H and O–H groups in total. The van der Waals surface area contributed by atoms with E-state index in [0.717, 1.165) is 19.4 Å². The normalized spacial score (nSPS) is 12.2. The monoisotopic (exact) mass is 269 g/mol. The maximum atomic E-state index is 11.4. The van der Waals surface area contributed by atoms with Crippen LogP contribution in [0.3, 0.4) is 0 Å². The quantitative estimate of drug-likeness (QED) is 0.621. The molecule has 7 heteroatoms. The summed E-state index contributed by atoms with van der Waals surface area (Å²) in [6.45, 7) is 7.76. The average molecular weight is 269 g/mol. The molecule has 1 atom stereocenters. The lowest BCUT2D eigenvalue weighted by Crippen LogP contribution is -2.30. The molecule has 108 valence electrons. The largest absolute Gasteiger partial charge is 0.406 e. The average Bonchev–Trinajstić information content (AvgIpc) is 2.89. The summed E-state index contributed by atoms with van der Waals surface area (Å²) in [7, 11) is 0. The Kier molecular flexibility index (Phi) is 6.88. The standard InChI is InChI=1S/C12H23N5O2/c1-4-6-13-9(3)11-16-17-12(19-11)15-8-10(18)14-7-5-2/h9,13H,4-8H2,1-3H3,(H,14,18)(H,15,17). The molecular weight excluding hydrogens is 246 g/mol. The first-order valence-electron chi connectivity index (χ1n) is 6.74. The lowest BCUT2D eigenvalue weighted by Gasteiger charge is -2.07. The molecule has 1 rings (SSSR count). The van der Waals surface area contributed by atoms with Crippen LogP contribution in [-0.2, 0) is 4.79 Å². The van der Waals surface area contributed by atoms with Gasteiger partial charge in [0.2, 0.25) is 11.8 Å². The van der Waals surface area contributed by atoms with E-state index in [1.54, 1.807) is 0 Å². The van der Waals surface area contributed by atoms with E-state index in [9.17, 15) is 4.79 Å². The topological polar surface area (TPSA) is 92.1 Å². The molecule has 0 bridgehead atoms. The zero-order valence-corrected chi connectivity index (χ0v) is 11.8. The van der Waals surface area contributed by atoms with Crippen molar-refractivity contribution in [1.29, 1.82) is 0 Å². The highest BCUT2D eigenvalue weighted by molar-refractivity contribution is 5.79. The van der Waals surface area contributed by atoms with Crippen molar-refractivity contribution in [3.63, 3.8) is 0 Å². The second-order valence-corrected chi connectivity index (χ2v) is 4.32. The van der Waals surface area contributed by atoms with Crippen LogP contribution in [0, 0.1) is 0 Å². The fourth-order valence-electron chi connectivity index (χ4n) is 1.41. The number of hydrogen-bond acceptors (Lipinski definition) is 6. The Labute approximate surface area is 113 Å². The smallest absolute Gasteiger partial charge is 0.315 e.